The van der Waals surface area contributed by atoms with E-state index in [1.807, 2.05) is 43.9 Å². The van der Waals surface area contributed by atoms with Crippen LogP contribution in [0.3, 0.4) is 0 Å². The lowest BCUT2D eigenvalue weighted by molar-refractivity contribution is 0.0681. The Labute approximate surface area is 128 Å². The van der Waals surface area contributed by atoms with Crippen LogP contribution in [0.4, 0.5) is 0 Å². The van der Waals surface area contributed by atoms with Crippen LogP contribution in [0.25, 0.3) is 0 Å². The van der Waals surface area contributed by atoms with Crippen molar-refractivity contribution in [1.29, 1.82) is 0 Å². The Balaban J connectivity index is 3.21. The molecule has 0 saturated carbocycles. The Kier molecular flexibility index (Phi) is 6.45. The van der Waals surface area contributed by atoms with Gasteiger partial charge in [0.25, 0.3) is 5.91 Å². The van der Waals surface area contributed by atoms with Gasteiger partial charge in [0.1, 0.15) is 0 Å². The molecule has 0 aliphatic heterocycles. The Morgan fingerprint density at radius 1 is 1.29 bits per heavy atom. The Morgan fingerprint density at radius 2 is 1.95 bits per heavy atom. The van der Waals surface area contributed by atoms with Crippen molar-refractivity contribution in [3.05, 3.63) is 34.9 Å². The van der Waals surface area contributed by atoms with Crippen LogP contribution in [0.15, 0.2) is 18.2 Å². The van der Waals surface area contributed by atoms with Crippen LogP contribution in [0.2, 0.25) is 0 Å². The van der Waals surface area contributed by atoms with Crippen molar-refractivity contribution in [3.63, 3.8) is 0 Å². The van der Waals surface area contributed by atoms with Crippen molar-refractivity contribution in [1.82, 2.24) is 4.90 Å². The fourth-order valence-electron chi connectivity index (χ4n) is 2.17. The second-order valence-corrected chi connectivity index (χ2v) is 6.00. The molecule has 0 aliphatic carbocycles. The minimum absolute atomic E-state index is 0.0417. The van der Waals surface area contributed by atoms with E-state index in [-0.39, 0.29) is 11.9 Å². The smallest absolute Gasteiger partial charge is 0.255 e. The summed E-state index contributed by atoms with van der Waals surface area (Å²) in [4.78, 5) is 14.7. The van der Waals surface area contributed by atoms with E-state index >= 15 is 0 Å². The first-order chi connectivity index (χ1) is 9.86. The first kappa shape index (κ1) is 17.3. The summed E-state index contributed by atoms with van der Waals surface area (Å²) < 4.78 is 0. The van der Waals surface area contributed by atoms with Crippen molar-refractivity contribution in [3.8, 4) is 11.8 Å². The van der Waals surface area contributed by atoms with Crippen LogP contribution in [0.5, 0.6) is 0 Å². The molecule has 0 aliphatic rings. The number of aryl methyl sites for hydroxylation is 1. The summed E-state index contributed by atoms with van der Waals surface area (Å²) in [5, 5.41) is 0. The van der Waals surface area contributed by atoms with E-state index in [9.17, 15) is 4.79 Å². The molecular formula is C18H26N2O. The van der Waals surface area contributed by atoms with Gasteiger partial charge in [-0.15, -0.1) is 0 Å². The van der Waals surface area contributed by atoms with Crippen LogP contribution in [0, 0.1) is 24.7 Å². The summed E-state index contributed by atoms with van der Waals surface area (Å²) in [5.41, 5.74) is 7.96. The largest absolute Gasteiger partial charge is 0.336 e. The molecule has 0 spiro atoms. The Hall–Kier alpha value is -1.79. The molecule has 1 aromatic rings. The van der Waals surface area contributed by atoms with Gasteiger partial charge in [0.05, 0.1) is 12.1 Å². The highest BCUT2D eigenvalue weighted by molar-refractivity contribution is 5.97. The van der Waals surface area contributed by atoms with Crippen LogP contribution < -0.4 is 5.73 Å². The van der Waals surface area contributed by atoms with Gasteiger partial charge in [0, 0.05) is 18.2 Å². The summed E-state index contributed by atoms with van der Waals surface area (Å²) in [6.07, 6.45) is 0. The third-order valence-electron chi connectivity index (χ3n) is 3.18. The molecule has 21 heavy (non-hydrogen) atoms. The number of carbonyl (C=O) groups excluding carboxylic acids is 1. The molecule has 0 bridgehead atoms. The molecule has 0 unspecified atom stereocenters. The number of amides is 1. The quantitative estimate of drug-likeness (QED) is 0.865. The van der Waals surface area contributed by atoms with Gasteiger partial charge < -0.3 is 10.6 Å². The number of hydrogen-bond donors (Lipinski definition) is 1. The molecule has 114 valence electrons. The zero-order chi connectivity index (χ0) is 16.0. The molecule has 2 N–H and O–H groups in total. The molecule has 3 heteroatoms. The molecule has 1 aromatic carbocycles. The number of hydrogen-bond acceptors (Lipinski definition) is 2. The van der Waals surface area contributed by atoms with Crippen molar-refractivity contribution in [2.75, 3.05) is 13.1 Å². The second kappa shape index (κ2) is 7.85. The lowest BCUT2D eigenvalue weighted by Crippen LogP contribution is -2.39. The molecule has 1 amide bonds. The summed E-state index contributed by atoms with van der Waals surface area (Å²) in [6.45, 7) is 11.4. The maximum atomic E-state index is 12.8. The van der Waals surface area contributed by atoms with Gasteiger partial charge in [0.15, 0.2) is 0 Å². The first-order valence-electron chi connectivity index (χ1n) is 7.47. The molecule has 0 atom stereocenters. The van der Waals surface area contributed by atoms with Gasteiger partial charge >= 0.3 is 0 Å². The molecule has 0 fully saturated rings. The fourth-order valence-corrected chi connectivity index (χ4v) is 2.17. The van der Waals surface area contributed by atoms with E-state index < -0.39 is 0 Å². The second-order valence-electron chi connectivity index (χ2n) is 6.00. The van der Waals surface area contributed by atoms with E-state index in [0.717, 1.165) is 17.7 Å². The number of carbonyl (C=O) groups is 1. The van der Waals surface area contributed by atoms with E-state index in [4.69, 9.17) is 5.73 Å². The van der Waals surface area contributed by atoms with E-state index in [2.05, 4.69) is 25.7 Å². The van der Waals surface area contributed by atoms with Crippen molar-refractivity contribution >= 4 is 5.91 Å². The minimum atomic E-state index is 0.0417. The summed E-state index contributed by atoms with van der Waals surface area (Å²) in [6, 6.07) is 5.93. The van der Waals surface area contributed by atoms with Gasteiger partial charge in [-0.3, -0.25) is 4.79 Å². The topological polar surface area (TPSA) is 46.3 Å². The van der Waals surface area contributed by atoms with Gasteiger partial charge in [-0.25, -0.2) is 0 Å². The maximum absolute atomic E-state index is 12.8. The summed E-state index contributed by atoms with van der Waals surface area (Å²) >= 11 is 0. The molecular weight excluding hydrogens is 260 g/mol. The Morgan fingerprint density at radius 3 is 2.48 bits per heavy atom. The van der Waals surface area contributed by atoms with E-state index in [0.29, 0.717) is 18.0 Å². The zero-order valence-electron chi connectivity index (χ0n) is 13.7. The number of benzene rings is 1. The van der Waals surface area contributed by atoms with Gasteiger partial charge in [-0.05, 0) is 44.4 Å². The van der Waals surface area contributed by atoms with Crippen LogP contribution in [-0.2, 0) is 0 Å². The summed E-state index contributed by atoms with van der Waals surface area (Å²) in [5.74, 6) is 6.33. The predicted octanol–water partition coefficient (Wildman–Crippen LogP) is 2.81. The molecule has 3 nitrogen and oxygen atoms in total. The fraction of sp³-hybridized carbons (Fsp3) is 0.500. The highest BCUT2D eigenvalue weighted by Gasteiger charge is 2.21. The lowest BCUT2D eigenvalue weighted by Gasteiger charge is -2.29. The van der Waals surface area contributed by atoms with Gasteiger partial charge in [0.2, 0.25) is 0 Å². The normalized spacial score (nSPS) is 10.5. The Bertz CT molecular complexity index is 550. The zero-order valence-corrected chi connectivity index (χ0v) is 13.7. The molecule has 1 rings (SSSR count). The number of nitrogens with two attached hydrogens (primary N) is 1. The third-order valence-corrected chi connectivity index (χ3v) is 3.18. The van der Waals surface area contributed by atoms with Gasteiger partial charge in [-0.1, -0.05) is 31.8 Å². The van der Waals surface area contributed by atoms with Crippen LogP contribution in [0.1, 0.15) is 49.2 Å². The third kappa shape index (κ3) is 4.91. The minimum Gasteiger partial charge on any atom is -0.336 e. The monoisotopic (exact) mass is 286 g/mol. The number of nitrogens with zero attached hydrogens (tertiary/aromatic N) is 1. The van der Waals surface area contributed by atoms with Crippen molar-refractivity contribution in [2.45, 2.75) is 40.7 Å². The van der Waals surface area contributed by atoms with Gasteiger partial charge in [-0.2, -0.15) is 0 Å². The SMILES string of the molecule is Cc1ccc(C(=O)N(CC(C)C)C(C)C)c(C#CCN)c1. The average molecular weight is 286 g/mol. The molecule has 0 heterocycles. The molecule has 0 aromatic heterocycles. The maximum Gasteiger partial charge on any atom is 0.255 e. The molecule has 0 saturated heterocycles. The lowest BCUT2D eigenvalue weighted by atomic mass is 10.0. The van der Waals surface area contributed by atoms with E-state index in [1.165, 1.54) is 0 Å². The number of rotatable bonds is 4. The standard InChI is InChI=1S/C18H26N2O/c1-13(2)12-20(14(3)4)18(21)17-9-8-15(5)11-16(17)7-6-10-19/h8-9,11,13-14H,10,12,19H2,1-5H3. The molecule has 0 radical (unpaired) electrons. The first-order valence-corrected chi connectivity index (χ1v) is 7.47. The average Bonchev–Trinajstić information content (AvgIpc) is 2.41. The van der Waals surface area contributed by atoms with Crippen molar-refractivity contribution < 1.29 is 4.79 Å². The van der Waals surface area contributed by atoms with Crippen LogP contribution >= 0.6 is 0 Å². The highest BCUT2D eigenvalue weighted by atomic mass is 16.2. The van der Waals surface area contributed by atoms with Crippen molar-refractivity contribution in [2.24, 2.45) is 11.7 Å². The predicted molar refractivity (Wildman–Crippen MR) is 88.1 cm³/mol. The van der Waals surface area contributed by atoms with Crippen LogP contribution in [-0.4, -0.2) is 29.9 Å². The summed E-state index contributed by atoms with van der Waals surface area (Å²) in [7, 11) is 0. The highest BCUT2D eigenvalue weighted by Crippen LogP contribution is 2.16. The van der Waals surface area contributed by atoms with E-state index in [1.54, 1.807) is 0 Å².